The quantitative estimate of drug-likeness (QED) is 0.389. The van der Waals surface area contributed by atoms with E-state index in [2.05, 4.69) is 0 Å². The topological polar surface area (TPSA) is 0 Å². The molecule has 5 heavy (non-hydrogen) atoms. The second-order valence-electron chi connectivity index (χ2n) is 0. The van der Waals surface area contributed by atoms with E-state index in [1.807, 2.05) is 0 Å². The number of hydrogen-bond donors (Lipinski definition) is 0. The molecule has 0 aromatic carbocycles. The first-order chi connectivity index (χ1) is 0. The standard InChI is InChI=1S/Co.Ga.La.Mg.Sr.7H. The van der Waals surface area contributed by atoms with Crippen LogP contribution in [0.15, 0.2) is 0 Å². The second kappa shape index (κ2) is 23.5. The zero-order valence-corrected chi connectivity index (χ0v) is 5.58. The van der Waals surface area contributed by atoms with E-state index in [0.717, 1.165) is 0 Å². The van der Waals surface area contributed by atoms with Crippen LogP contribution in [0.4, 0.5) is 0 Å². The molecule has 0 aromatic rings. The minimum absolute atomic E-state index is 0. The summed E-state index contributed by atoms with van der Waals surface area (Å²) < 4.78 is 0. The van der Waals surface area contributed by atoms with Crippen LogP contribution in [0, 0.1) is 35.6 Å². The molecule has 0 aliphatic carbocycles. The summed E-state index contributed by atoms with van der Waals surface area (Å²) >= 11 is 0. The molecule has 26 valence electrons. The van der Waals surface area contributed by atoms with E-state index in [9.17, 15) is 0 Å². The SMILES string of the molecule is [Co].[GaH3].[La].[MgH2].[SrH2]. The summed E-state index contributed by atoms with van der Waals surface area (Å²) in [5, 5.41) is 0. The molecule has 0 spiro atoms. The Labute approximate surface area is 137 Å². The maximum absolute atomic E-state index is 0. The Kier molecular flexibility index (Phi) is 158. The number of hydrogen-bond acceptors (Lipinski definition) is 0. The van der Waals surface area contributed by atoms with E-state index < -0.39 is 0 Å². The minimum atomic E-state index is 0. The van der Waals surface area contributed by atoms with Gasteiger partial charge < -0.3 is 0 Å². The van der Waals surface area contributed by atoms with Gasteiger partial charge >= 0.3 is 88.3 Å². The molecule has 0 N–H and O–H groups in total. The molecule has 0 saturated heterocycles. The molecule has 0 fully saturated rings. The predicted octanol–water partition coefficient (Wildman–Crippen LogP) is -3.02. The normalized spacial score (nSPS) is 0. The Balaban J connectivity index is 0. The van der Waals surface area contributed by atoms with E-state index in [-0.39, 0.29) is 141 Å². The van der Waals surface area contributed by atoms with Crippen molar-refractivity contribution in [3.05, 3.63) is 0 Å². The van der Waals surface area contributed by atoms with Gasteiger partial charge in [0.05, 0.1) is 0 Å². The molecule has 0 aliphatic rings. The van der Waals surface area contributed by atoms with Gasteiger partial charge in [0.1, 0.15) is 0 Å². The molecule has 0 amide bonds. The zero-order valence-electron chi connectivity index (χ0n) is 0.911. The maximum atomic E-state index is 0. The molecular weight excluding hydrogens is 379 g/mol. The molecule has 2 radical (unpaired) electrons. The zero-order chi connectivity index (χ0) is 0. The average molecular weight is 387 g/mol. The average Bonchev–Trinajstić information content (AvgIpc) is 0. The van der Waals surface area contributed by atoms with Crippen LogP contribution in [0.2, 0.25) is 0 Å². The Hall–Kier alpha value is 4.58. The summed E-state index contributed by atoms with van der Waals surface area (Å²) in [5.74, 6) is 0. The summed E-state index contributed by atoms with van der Waals surface area (Å²) in [4.78, 5) is 0. The number of rotatable bonds is 0. The first-order valence-corrected chi connectivity index (χ1v) is 0. The van der Waals surface area contributed by atoms with Crippen molar-refractivity contribution in [1.82, 2.24) is 0 Å². The molecule has 0 aromatic heterocycles. The van der Waals surface area contributed by atoms with E-state index >= 15 is 0 Å². The van der Waals surface area contributed by atoms with Crippen LogP contribution in [0.1, 0.15) is 0 Å². The Morgan fingerprint density at radius 2 is 1.00 bits per heavy atom. The van der Waals surface area contributed by atoms with Crippen molar-refractivity contribution in [2.75, 3.05) is 0 Å². The van der Waals surface area contributed by atoms with Crippen molar-refractivity contribution in [3.8, 4) is 0 Å². The second-order valence-corrected chi connectivity index (χ2v) is 0. The monoisotopic (exact) mass is 386 g/mol. The van der Waals surface area contributed by atoms with Crippen LogP contribution in [-0.4, -0.2) is 88.3 Å². The third-order valence-corrected chi connectivity index (χ3v) is 0. The van der Waals surface area contributed by atoms with Gasteiger partial charge in [-0.1, -0.05) is 0 Å². The van der Waals surface area contributed by atoms with Crippen molar-refractivity contribution < 1.29 is 52.4 Å². The summed E-state index contributed by atoms with van der Waals surface area (Å²) in [5.41, 5.74) is 0. The molecule has 0 heterocycles. The van der Waals surface area contributed by atoms with Crippen molar-refractivity contribution in [2.45, 2.75) is 0 Å². The van der Waals surface area contributed by atoms with Crippen molar-refractivity contribution in [2.24, 2.45) is 0 Å². The third kappa shape index (κ3) is 17.7. The molecule has 0 bridgehead atoms. The van der Waals surface area contributed by atoms with Crippen molar-refractivity contribution >= 4 is 88.3 Å². The van der Waals surface area contributed by atoms with Gasteiger partial charge in [-0.05, 0) is 0 Å². The third-order valence-electron chi connectivity index (χ3n) is 0. The summed E-state index contributed by atoms with van der Waals surface area (Å²) in [6.45, 7) is 0. The van der Waals surface area contributed by atoms with Crippen LogP contribution >= 0.6 is 0 Å². The van der Waals surface area contributed by atoms with Crippen LogP contribution in [0.3, 0.4) is 0 Å². The molecule has 5 heteroatoms. The Morgan fingerprint density at radius 3 is 1.00 bits per heavy atom. The van der Waals surface area contributed by atoms with E-state index in [1.165, 1.54) is 0 Å². The molecular formula is H7CoGaLaMgSr. The van der Waals surface area contributed by atoms with Crippen molar-refractivity contribution in [3.63, 3.8) is 0 Å². The fourth-order valence-corrected chi connectivity index (χ4v) is 0. The van der Waals surface area contributed by atoms with Gasteiger partial charge in [-0.25, -0.2) is 0 Å². The van der Waals surface area contributed by atoms with Crippen LogP contribution in [0.5, 0.6) is 0 Å². The van der Waals surface area contributed by atoms with Gasteiger partial charge in [-0.3, -0.25) is 0 Å². The first-order valence-electron chi connectivity index (χ1n) is 0. The van der Waals surface area contributed by atoms with Crippen LogP contribution in [0.25, 0.3) is 0 Å². The summed E-state index contributed by atoms with van der Waals surface area (Å²) in [7, 11) is 0. The molecule has 0 atom stereocenters. The van der Waals surface area contributed by atoms with E-state index in [0.29, 0.717) is 0 Å². The molecule has 0 rings (SSSR count). The van der Waals surface area contributed by atoms with Crippen LogP contribution < -0.4 is 0 Å². The first kappa shape index (κ1) is 33.6. The van der Waals surface area contributed by atoms with Gasteiger partial charge in [0.15, 0.2) is 0 Å². The van der Waals surface area contributed by atoms with Gasteiger partial charge in [0, 0.05) is 52.4 Å². The Bertz CT molecular complexity index is 11.6. The van der Waals surface area contributed by atoms with Crippen molar-refractivity contribution in [1.29, 1.82) is 0 Å². The van der Waals surface area contributed by atoms with Gasteiger partial charge in [-0.15, -0.1) is 0 Å². The van der Waals surface area contributed by atoms with E-state index in [1.54, 1.807) is 0 Å². The summed E-state index contributed by atoms with van der Waals surface area (Å²) in [6.07, 6.45) is 0. The van der Waals surface area contributed by atoms with Crippen LogP contribution in [-0.2, 0) is 16.8 Å². The summed E-state index contributed by atoms with van der Waals surface area (Å²) in [6, 6.07) is 0. The van der Waals surface area contributed by atoms with Gasteiger partial charge in [-0.2, -0.15) is 0 Å². The fourth-order valence-electron chi connectivity index (χ4n) is 0. The molecule has 0 saturated carbocycles. The Morgan fingerprint density at radius 1 is 1.00 bits per heavy atom. The molecule has 0 aliphatic heterocycles. The fraction of sp³-hybridized carbons (Fsp3) is 0. The predicted molar refractivity (Wildman–Crippen MR) is 27.0 cm³/mol. The van der Waals surface area contributed by atoms with Gasteiger partial charge in [0.2, 0.25) is 0 Å². The molecule has 0 nitrogen and oxygen atoms in total. The molecule has 0 unspecified atom stereocenters. The van der Waals surface area contributed by atoms with E-state index in [4.69, 9.17) is 0 Å². The van der Waals surface area contributed by atoms with Gasteiger partial charge in [0.25, 0.3) is 0 Å².